The minimum atomic E-state index is 0.0361. The fraction of sp³-hybridized carbons (Fsp3) is 0.737. The summed E-state index contributed by atoms with van der Waals surface area (Å²) in [5.41, 5.74) is 6.29. The van der Waals surface area contributed by atoms with Crippen molar-refractivity contribution in [1.29, 1.82) is 0 Å². The van der Waals surface area contributed by atoms with Gasteiger partial charge in [-0.1, -0.05) is 109 Å². The van der Waals surface area contributed by atoms with E-state index >= 15 is 0 Å². The van der Waals surface area contributed by atoms with Gasteiger partial charge in [-0.2, -0.15) is 0 Å². The van der Waals surface area contributed by atoms with Crippen LogP contribution in [0.15, 0.2) is 60.3 Å². The highest BCUT2D eigenvalue weighted by Gasteiger charge is 2.70. The summed E-state index contributed by atoms with van der Waals surface area (Å²) in [7, 11) is 0. The molecule has 1 aliphatic heterocycles. The first-order valence-corrected chi connectivity index (χ1v) is 16.4. The quantitative estimate of drug-likeness (QED) is 0.322. The van der Waals surface area contributed by atoms with E-state index in [1.165, 1.54) is 29.6 Å². The van der Waals surface area contributed by atoms with Crippen LogP contribution < -0.4 is 0 Å². The fourth-order valence-electron chi connectivity index (χ4n) is 12.2. The van der Waals surface area contributed by atoms with Crippen molar-refractivity contribution in [2.45, 2.75) is 99.7 Å². The summed E-state index contributed by atoms with van der Waals surface area (Å²) in [6.45, 7) is 35.1. The maximum atomic E-state index is 6.05. The lowest BCUT2D eigenvalue weighted by Crippen LogP contribution is -2.67. The Balaban J connectivity index is 1.51. The number of ether oxygens (including phenoxy) is 2. The highest BCUT2D eigenvalue weighted by Crippen LogP contribution is 2.77. The van der Waals surface area contributed by atoms with E-state index in [9.17, 15) is 0 Å². The van der Waals surface area contributed by atoms with Gasteiger partial charge in [-0.25, -0.2) is 0 Å². The van der Waals surface area contributed by atoms with Crippen LogP contribution in [0.3, 0.4) is 0 Å². The zero-order valence-corrected chi connectivity index (χ0v) is 26.8. The number of rotatable bonds is 2. The number of hydrogen-bond donors (Lipinski definition) is 0. The molecule has 2 nitrogen and oxygen atoms in total. The Labute approximate surface area is 245 Å². The summed E-state index contributed by atoms with van der Waals surface area (Å²) in [5.74, 6) is 4.58. The molecule has 0 aromatic heterocycles. The van der Waals surface area contributed by atoms with Crippen LogP contribution in [0.25, 0.3) is 0 Å². The van der Waals surface area contributed by atoms with Crippen LogP contribution in [0.5, 0.6) is 0 Å². The Morgan fingerprint density at radius 3 is 2.42 bits per heavy atom. The van der Waals surface area contributed by atoms with Gasteiger partial charge in [-0.3, -0.25) is 0 Å². The van der Waals surface area contributed by atoms with Crippen LogP contribution >= 0.6 is 0 Å². The molecule has 6 aliphatic rings. The molecular formula is C38H56O2. The minimum Gasteiger partial charge on any atom is -0.349 e. The second-order valence-corrected chi connectivity index (χ2v) is 15.9. The molecular weight excluding hydrogens is 488 g/mol. The highest BCUT2D eigenvalue weighted by molar-refractivity contribution is 5.43. The fourth-order valence-corrected chi connectivity index (χ4v) is 12.2. The van der Waals surface area contributed by atoms with Gasteiger partial charge >= 0.3 is 0 Å². The van der Waals surface area contributed by atoms with Crippen molar-refractivity contribution < 1.29 is 9.47 Å². The number of fused-ring (bicyclic) bond motifs is 4. The Morgan fingerprint density at radius 2 is 1.73 bits per heavy atom. The lowest BCUT2D eigenvalue weighted by Gasteiger charge is -2.73. The van der Waals surface area contributed by atoms with Gasteiger partial charge < -0.3 is 9.47 Å². The number of hydrogen-bond acceptors (Lipinski definition) is 2. The summed E-state index contributed by atoms with van der Waals surface area (Å²) in [6, 6.07) is 0. The van der Waals surface area contributed by atoms with Crippen LogP contribution in [0.1, 0.15) is 87.5 Å². The predicted molar refractivity (Wildman–Crippen MR) is 166 cm³/mol. The summed E-state index contributed by atoms with van der Waals surface area (Å²) in [6.07, 6.45) is 14.1. The van der Waals surface area contributed by atoms with E-state index in [1.807, 2.05) is 0 Å². The lowest BCUT2D eigenvalue weighted by molar-refractivity contribution is -0.174. The lowest BCUT2D eigenvalue weighted by atomic mass is 9.30. The normalized spacial score (nSPS) is 54.9. The van der Waals surface area contributed by atoms with Crippen molar-refractivity contribution >= 4 is 0 Å². The van der Waals surface area contributed by atoms with Gasteiger partial charge in [-0.05, 0) is 103 Å². The molecule has 14 atom stereocenters. The van der Waals surface area contributed by atoms with Gasteiger partial charge in [0, 0.05) is 5.92 Å². The van der Waals surface area contributed by atoms with Crippen molar-refractivity contribution in [3.8, 4) is 0 Å². The minimum absolute atomic E-state index is 0.0361. The zero-order valence-electron chi connectivity index (χ0n) is 26.8. The topological polar surface area (TPSA) is 18.5 Å². The second-order valence-electron chi connectivity index (χ2n) is 15.9. The monoisotopic (exact) mass is 544 g/mol. The molecule has 5 fully saturated rings. The molecule has 0 aromatic carbocycles. The van der Waals surface area contributed by atoms with Crippen molar-refractivity contribution in [3.05, 3.63) is 60.3 Å². The average molecular weight is 545 g/mol. The molecule has 0 spiro atoms. The van der Waals surface area contributed by atoms with E-state index in [1.54, 1.807) is 5.57 Å². The molecule has 5 aliphatic carbocycles. The van der Waals surface area contributed by atoms with Gasteiger partial charge in [0.05, 0.1) is 12.2 Å². The second kappa shape index (κ2) is 9.57. The molecule has 2 heteroatoms. The highest BCUT2D eigenvalue weighted by atomic mass is 16.7. The van der Waals surface area contributed by atoms with Gasteiger partial charge in [0.2, 0.25) is 0 Å². The van der Waals surface area contributed by atoms with E-state index in [2.05, 4.69) is 80.2 Å². The van der Waals surface area contributed by atoms with Crippen LogP contribution in [0.4, 0.5) is 0 Å². The summed E-state index contributed by atoms with van der Waals surface area (Å²) in [5, 5.41) is 0. The maximum absolute atomic E-state index is 6.05. The van der Waals surface area contributed by atoms with Gasteiger partial charge in [0.1, 0.15) is 6.79 Å². The SMILES string of the molecule is C=C(C)C1C(=C)C2(C)C(C)C3C(=C)C4C(C)C=CCC4C(=CC4CCC5OCOC5C4)C3(C)C(C)C2(C)CC1C. The van der Waals surface area contributed by atoms with Crippen LogP contribution in [-0.4, -0.2) is 19.0 Å². The molecule has 14 unspecified atom stereocenters. The van der Waals surface area contributed by atoms with E-state index in [-0.39, 0.29) is 22.3 Å². The molecule has 0 N–H and O–H groups in total. The van der Waals surface area contributed by atoms with E-state index in [4.69, 9.17) is 22.6 Å². The van der Waals surface area contributed by atoms with Crippen LogP contribution in [0.2, 0.25) is 0 Å². The van der Waals surface area contributed by atoms with Gasteiger partial charge in [0.15, 0.2) is 0 Å². The van der Waals surface area contributed by atoms with Gasteiger partial charge in [0.25, 0.3) is 0 Å². The first-order valence-electron chi connectivity index (χ1n) is 16.4. The van der Waals surface area contributed by atoms with Crippen molar-refractivity contribution in [3.63, 3.8) is 0 Å². The van der Waals surface area contributed by atoms with Crippen molar-refractivity contribution in [2.24, 2.45) is 69.5 Å². The maximum Gasteiger partial charge on any atom is 0.147 e. The molecule has 0 radical (unpaired) electrons. The Morgan fingerprint density at radius 1 is 1.02 bits per heavy atom. The zero-order chi connectivity index (χ0) is 28.9. The van der Waals surface area contributed by atoms with Crippen molar-refractivity contribution in [2.75, 3.05) is 6.79 Å². The molecule has 220 valence electrons. The van der Waals surface area contributed by atoms with E-state index in [0.717, 1.165) is 19.3 Å². The van der Waals surface area contributed by atoms with Crippen LogP contribution in [0, 0.1) is 69.5 Å². The molecule has 0 aromatic rings. The first-order chi connectivity index (χ1) is 18.8. The van der Waals surface area contributed by atoms with E-state index in [0.29, 0.717) is 66.2 Å². The largest absolute Gasteiger partial charge is 0.349 e. The molecule has 1 heterocycles. The smallest absolute Gasteiger partial charge is 0.147 e. The Kier molecular flexibility index (Phi) is 6.87. The standard InChI is InChI=1S/C38H56O2/c1-21(2)33-23(4)19-36(9)27(8)37(10)30(17-28-15-16-31-32(18-28)40-20-39-31)29-14-12-13-22(3)34(29)24(5)35(37)26(7)38(36,11)25(33)6/h12-13,17,22-23,26-29,31-35H,1,5-6,14-16,18-20H2,2-4,7-11H3. The Hall–Kier alpha value is -1.38. The third-order valence-corrected chi connectivity index (χ3v) is 14.4. The molecule has 0 amide bonds. The predicted octanol–water partition coefficient (Wildman–Crippen LogP) is 9.56. The summed E-state index contributed by atoms with van der Waals surface area (Å²) in [4.78, 5) is 0. The molecule has 4 saturated carbocycles. The molecule has 6 rings (SSSR count). The Bertz CT molecular complexity index is 1160. The molecule has 0 bridgehead atoms. The van der Waals surface area contributed by atoms with E-state index < -0.39 is 0 Å². The third kappa shape index (κ3) is 3.60. The molecule has 40 heavy (non-hydrogen) atoms. The molecule has 1 saturated heterocycles. The first kappa shape index (κ1) is 28.7. The average Bonchev–Trinajstić information content (AvgIpc) is 3.36. The van der Waals surface area contributed by atoms with Crippen LogP contribution in [-0.2, 0) is 9.47 Å². The summed E-state index contributed by atoms with van der Waals surface area (Å²) >= 11 is 0. The number of allylic oxidation sites excluding steroid dienone is 7. The summed E-state index contributed by atoms with van der Waals surface area (Å²) < 4.78 is 11.9. The third-order valence-electron chi connectivity index (χ3n) is 14.4. The van der Waals surface area contributed by atoms with Gasteiger partial charge in [-0.15, -0.1) is 0 Å². The van der Waals surface area contributed by atoms with Crippen molar-refractivity contribution in [1.82, 2.24) is 0 Å².